The molecule has 0 bridgehead atoms. The minimum absolute atomic E-state index is 0.0111. The van der Waals surface area contributed by atoms with E-state index in [0.717, 1.165) is 15.8 Å². The normalized spacial score (nSPS) is 15.7. The predicted octanol–water partition coefficient (Wildman–Crippen LogP) is 3.48. The number of rotatable bonds is 7. The Balaban J connectivity index is 1.34. The molecule has 0 saturated carbocycles. The lowest BCUT2D eigenvalue weighted by atomic mass is 10.1. The summed E-state index contributed by atoms with van der Waals surface area (Å²) in [6, 6.07) is 11.2. The van der Waals surface area contributed by atoms with Gasteiger partial charge in [-0.15, -0.1) is 16.4 Å². The molecule has 33 heavy (non-hydrogen) atoms. The number of carbonyl (C=O) groups is 2. The minimum Gasteiger partial charge on any atom is -0.435 e. The molecule has 168 valence electrons. The number of nitrogens with zero attached hydrogens (tertiary/aromatic N) is 3. The molecule has 2 aromatic heterocycles. The Labute approximate surface area is 188 Å². The fourth-order valence-electron chi connectivity index (χ4n) is 3.38. The van der Waals surface area contributed by atoms with Gasteiger partial charge in [0.25, 0.3) is 11.7 Å². The van der Waals surface area contributed by atoms with Crippen LogP contribution in [-0.4, -0.2) is 46.1 Å². The van der Waals surface area contributed by atoms with E-state index in [-0.39, 0.29) is 28.6 Å². The molecule has 0 spiro atoms. The molecule has 2 N–H and O–H groups in total. The number of amides is 1. The monoisotopic (exact) mass is 471 g/mol. The van der Waals surface area contributed by atoms with Crippen molar-refractivity contribution in [1.29, 1.82) is 0 Å². The predicted molar refractivity (Wildman–Crippen MR) is 114 cm³/mol. The molecular formula is C21H15F2N5O4S. The van der Waals surface area contributed by atoms with Crippen LogP contribution in [0.2, 0.25) is 0 Å². The van der Waals surface area contributed by atoms with E-state index in [2.05, 4.69) is 30.6 Å². The maximum Gasteiger partial charge on any atom is 0.387 e. The lowest BCUT2D eigenvalue weighted by Crippen LogP contribution is -2.29. The maximum atomic E-state index is 12.8. The molecule has 1 atom stereocenters. The first-order valence-electron chi connectivity index (χ1n) is 9.84. The van der Waals surface area contributed by atoms with Gasteiger partial charge in [0.05, 0.1) is 10.2 Å². The molecular weight excluding hydrogens is 456 g/mol. The zero-order valence-corrected chi connectivity index (χ0v) is 17.6. The fraction of sp³-hybridized carbons (Fsp3) is 0.190. The summed E-state index contributed by atoms with van der Waals surface area (Å²) in [5.41, 5.74) is 2.24. The zero-order valence-electron chi connectivity index (χ0n) is 16.7. The van der Waals surface area contributed by atoms with Gasteiger partial charge in [0.2, 0.25) is 5.91 Å². The van der Waals surface area contributed by atoms with Crippen molar-refractivity contribution in [2.24, 2.45) is 0 Å². The van der Waals surface area contributed by atoms with Gasteiger partial charge >= 0.3 is 12.6 Å². The second-order valence-electron chi connectivity index (χ2n) is 7.12. The van der Waals surface area contributed by atoms with E-state index in [4.69, 9.17) is 4.42 Å². The first-order chi connectivity index (χ1) is 16.0. The van der Waals surface area contributed by atoms with Gasteiger partial charge in [0.1, 0.15) is 11.8 Å². The van der Waals surface area contributed by atoms with E-state index in [9.17, 15) is 18.4 Å². The van der Waals surface area contributed by atoms with Gasteiger partial charge in [0.15, 0.2) is 5.01 Å². The largest absolute Gasteiger partial charge is 0.435 e. The van der Waals surface area contributed by atoms with E-state index < -0.39 is 18.4 Å². The molecule has 4 aromatic rings. The molecule has 1 aliphatic rings. The molecule has 1 amide bonds. The Kier molecular flexibility index (Phi) is 5.42. The number of nitrogens with one attached hydrogen (secondary N) is 2. The van der Waals surface area contributed by atoms with E-state index in [0.29, 0.717) is 18.5 Å². The summed E-state index contributed by atoms with van der Waals surface area (Å²) in [6.45, 7) is -2.33. The van der Waals surface area contributed by atoms with E-state index in [1.165, 1.54) is 23.5 Å². The van der Waals surface area contributed by atoms with Gasteiger partial charge < -0.3 is 19.8 Å². The molecule has 0 radical (unpaired) electrons. The number of carbonyl (C=O) groups excluding carboxylic acids is 2. The topological polar surface area (TPSA) is 119 Å². The average molecular weight is 471 g/mol. The Morgan fingerprint density at radius 1 is 1.18 bits per heavy atom. The summed E-state index contributed by atoms with van der Waals surface area (Å²) < 4.78 is 35.2. The number of thiazole rings is 1. The summed E-state index contributed by atoms with van der Waals surface area (Å²) in [6.07, 6.45) is 0.576. The van der Waals surface area contributed by atoms with Crippen LogP contribution in [0.1, 0.15) is 22.1 Å². The van der Waals surface area contributed by atoms with Gasteiger partial charge in [-0.3, -0.25) is 9.59 Å². The van der Waals surface area contributed by atoms with Crippen LogP contribution in [0.25, 0.3) is 21.3 Å². The highest BCUT2D eigenvalue weighted by molar-refractivity contribution is 7.20. The number of fused-ring (bicyclic) bond motifs is 1. The van der Waals surface area contributed by atoms with Crippen molar-refractivity contribution in [2.75, 3.05) is 11.9 Å². The Morgan fingerprint density at radius 2 is 1.97 bits per heavy atom. The number of benzene rings is 2. The van der Waals surface area contributed by atoms with Crippen molar-refractivity contribution in [1.82, 2.24) is 20.5 Å². The summed E-state index contributed by atoms with van der Waals surface area (Å²) in [7, 11) is 0. The van der Waals surface area contributed by atoms with Crippen LogP contribution in [0.3, 0.4) is 0 Å². The lowest BCUT2D eigenvalue weighted by Gasteiger charge is -2.06. The molecule has 1 saturated heterocycles. The van der Waals surface area contributed by atoms with Crippen molar-refractivity contribution >= 4 is 39.3 Å². The van der Waals surface area contributed by atoms with Gasteiger partial charge in [0, 0.05) is 6.54 Å². The van der Waals surface area contributed by atoms with Crippen molar-refractivity contribution in [2.45, 2.75) is 19.1 Å². The van der Waals surface area contributed by atoms with Crippen LogP contribution < -0.4 is 15.4 Å². The highest BCUT2D eigenvalue weighted by Gasteiger charge is 2.27. The second-order valence-corrected chi connectivity index (χ2v) is 8.15. The Hall–Kier alpha value is -3.93. The lowest BCUT2D eigenvalue weighted by molar-refractivity contribution is -0.119. The highest BCUT2D eigenvalue weighted by atomic mass is 32.1. The van der Waals surface area contributed by atoms with Crippen molar-refractivity contribution in [3.8, 4) is 16.9 Å². The molecule has 9 nitrogen and oxygen atoms in total. The molecule has 0 aliphatic carbocycles. The van der Waals surface area contributed by atoms with E-state index in [1.54, 1.807) is 18.2 Å². The van der Waals surface area contributed by atoms with Crippen LogP contribution in [-0.2, 0) is 4.79 Å². The third-order valence-electron chi connectivity index (χ3n) is 4.96. The average Bonchev–Trinajstić information content (AvgIpc) is 3.53. The van der Waals surface area contributed by atoms with Crippen molar-refractivity contribution < 1.29 is 27.5 Å². The van der Waals surface area contributed by atoms with Crippen molar-refractivity contribution in [3.05, 3.63) is 53.4 Å². The van der Waals surface area contributed by atoms with Crippen LogP contribution in [0.5, 0.6) is 5.75 Å². The quantitative estimate of drug-likeness (QED) is 0.393. The van der Waals surface area contributed by atoms with Gasteiger partial charge in [-0.2, -0.15) is 8.78 Å². The number of ether oxygens (including phenoxy) is 1. The van der Waals surface area contributed by atoms with Crippen LogP contribution in [0, 0.1) is 0 Å². The van der Waals surface area contributed by atoms with Gasteiger partial charge in [-0.05, 0) is 41.8 Å². The molecule has 1 aliphatic heterocycles. The first-order valence-corrected chi connectivity index (χ1v) is 10.7. The zero-order chi connectivity index (χ0) is 22.9. The number of halogens is 2. The van der Waals surface area contributed by atoms with Crippen molar-refractivity contribution in [3.63, 3.8) is 0 Å². The van der Waals surface area contributed by atoms with E-state index in [1.807, 2.05) is 12.1 Å². The van der Waals surface area contributed by atoms with Gasteiger partial charge in [-0.1, -0.05) is 23.3 Å². The Bertz CT molecular complexity index is 1340. The molecule has 5 rings (SSSR count). The van der Waals surface area contributed by atoms with Crippen LogP contribution >= 0.6 is 11.3 Å². The highest BCUT2D eigenvalue weighted by Crippen LogP contribution is 2.30. The van der Waals surface area contributed by atoms with Gasteiger partial charge in [-0.25, -0.2) is 4.98 Å². The van der Waals surface area contributed by atoms with Crippen LogP contribution in [0.4, 0.5) is 14.8 Å². The number of hydrogen-bond acceptors (Lipinski definition) is 9. The third kappa shape index (κ3) is 4.37. The van der Waals surface area contributed by atoms with Crippen LogP contribution in [0.15, 0.2) is 46.9 Å². The molecule has 3 heterocycles. The maximum absolute atomic E-state index is 12.8. The molecule has 2 aromatic carbocycles. The molecule has 12 heteroatoms. The fourth-order valence-corrected chi connectivity index (χ4v) is 4.31. The summed E-state index contributed by atoms with van der Waals surface area (Å²) in [5.74, 6) is -0.853. The minimum atomic E-state index is -2.88. The number of hydrogen-bond donors (Lipinski definition) is 2. The third-order valence-corrected chi connectivity index (χ3v) is 5.98. The number of ketones is 1. The standard InChI is InChI=1S/C21H15F2N5O4S/c22-20(23)31-12-4-1-10(2-5-12)11-3-6-13-15(9-11)33-19(25-13)16(29)18-27-28-21(32-18)26-14-7-8-24-17(14)30/h1-6,9,14,20H,7-8H2,(H,24,30)(H,26,28). The number of anilines is 1. The molecule has 1 unspecified atom stereocenters. The smallest absolute Gasteiger partial charge is 0.387 e. The number of aromatic nitrogens is 3. The second kappa shape index (κ2) is 8.54. The van der Waals surface area contributed by atoms with E-state index >= 15 is 0 Å². The molecule has 1 fully saturated rings. The first kappa shape index (κ1) is 20.9. The SMILES string of the molecule is O=C(c1nnc(NC2CCNC2=O)o1)c1nc2ccc(-c3ccc(OC(F)F)cc3)cc2s1. The Morgan fingerprint density at radius 3 is 2.70 bits per heavy atom. The summed E-state index contributed by atoms with van der Waals surface area (Å²) >= 11 is 1.17. The number of alkyl halides is 2. The summed E-state index contributed by atoms with van der Waals surface area (Å²) in [4.78, 5) is 28.8. The summed E-state index contributed by atoms with van der Waals surface area (Å²) in [5, 5.41) is 13.2.